The van der Waals surface area contributed by atoms with Gasteiger partial charge in [-0.3, -0.25) is 0 Å². The summed E-state index contributed by atoms with van der Waals surface area (Å²) in [4.78, 5) is 1.86. The highest BCUT2D eigenvalue weighted by molar-refractivity contribution is 8.03. The fourth-order valence-electron chi connectivity index (χ4n) is 3.08. The summed E-state index contributed by atoms with van der Waals surface area (Å²) in [6, 6.07) is 16.0. The van der Waals surface area contributed by atoms with Gasteiger partial charge in [-0.05, 0) is 31.5 Å². The first kappa shape index (κ1) is 20.0. The third-order valence-corrected chi connectivity index (χ3v) is 5.97. The van der Waals surface area contributed by atoms with E-state index < -0.39 is 18.3 Å². The van der Waals surface area contributed by atoms with Crippen molar-refractivity contribution in [2.75, 3.05) is 0 Å². The molecule has 2 aromatic carbocycles. The second kappa shape index (κ2) is 8.93. The van der Waals surface area contributed by atoms with Gasteiger partial charge in [-0.15, -0.1) is 0 Å². The van der Waals surface area contributed by atoms with Crippen LogP contribution in [0.25, 0.3) is 0 Å². The average Bonchev–Trinajstić information content (AvgIpc) is 2.67. The second-order valence-electron chi connectivity index (χ2n) is 6.85. The molecule has 0 aliphatic carbocycles. The van der Waals surface area contributed by atoms with Crippen molar-refractivity contribution in [2.45, 2.75) is 56.2 Å². The van der Waals surface area contributed by atoms with Crippen molar-refractivity contribution in [3.8, 4) is 5.75 Å². The van der Waals surface area contributed by atoms with Gasteiger partial charge in [0.05, 0.1) is 18.3 Å². The van der Waals surface area contributed by atoms with Crippen molar-refractivity contribution >= 4 is 11.8 Å². The Morgan fingerprint density at radius 3 is 2.63 bits per heavy atom. The molecule has 3 rings (SSSR count). The number of aliphatic hydroxyl groups excluding tert-OH is 2. The Bertz CT molecular complexity index is 765. The molecule has 2 N–H and O–H groups in total. The molecule has 0 amide bonds. The summed E-state index contributed by atoms with van der Waals surface area (Å²) in [5.74, 6) is 0.838. The van der Waals surface area contributed by atoms with Crippen molar-refractivity contribution in [2.24, 2.45) is 0 Å². The predicted molar refractivity (Wildman–Crippen MR) is 108 cm³/mol. The van der Waals surface area contributed by atoms with E-state index in [0.29, 0.717) is 13.0 Å². The number of hydrogen-bond donors (Lipinski definition) is 2. The largest absolute Gasteiger partial charge is 0.489 e. The fourth-order valence-corrected chi connectivity index (χ4v) is 4.04. The van der Waals surface area contributed by atoms with Crippen molar-refractivity contribution in [3.63, 3.8) is 0 Å². The molecule has 1 fully saturated rings. The summed E-state index contributed by atoms with van der Waals surface area (Å²) < 4.78 is 11.8. The van der Waals surface area contributed by atoms with Crippen LogP contribution >= 0.6 is 11.8 Å². The summed E-state index contributed by atoms with van der Waals surface area (Å²) in [7, 11) is 0. The van der Waals surface area contributed by atoms with E-state index in [2.05, 4.69) is 6.58 Å². The van der Waals surface area contributed by atoms with Crippen molar-refractivity contribution in [1.82, 2.24) is 0 Å². The molecule has 1 saturated heterocycles. The van der Waals surface area contributed by atoms with Gasteiger partial charge >= 0.3 is 0 Å². The number of ether oxygens (including phenoxy) is 2. The molecule has 0 aromatic heterocycles. The lowest BCUT2D eigenvalue weighted by Crippen LogP contribution is -2.46. The lowest BCUT2D eigenvalue weighted by Gasteiger charge is -2.36. The molecule has 144 valence electrons. The number of hydrogen-bond acceptors (Lipinski definition) is 5. The molecule has 0 bridgehead atoms. The Morgan fingerprint density at radius 1 is 1.19 bits per heavy atom. The van der Waals surface area contributed by atoms with Crippen LogP contribution in [0, 0.1) is 6.92 Å². The number of rotatable bonds is 6. The molecule has 4 nitrogen and oxygen atoms in total. The molecule has 0 spiro atoms. The molecule has 3 unspecified atom stereocenters. The van der Waals surface area contributed by atoms with Crippen LogP contribution in [0.1, 0.15) is 24.5 Å². The van der Waals surface area contributed by atoms with Gasteiger partial charge in [0, 0.05) is 21.8 Å². The quantitative estimate of drug-likeness (QED) is 0.733. The molecule has 0 radical (unpaired) electrons. The Morgan fingerprint density at radius 2 is 1.93 bits per heavy atom. The maximum absolute atomic E-state index is 10.0. The average molecular weight is 387 g/mol. The third-order valence-electron chi connectivity index (χ3n) is 4.78. The summed E-state index contributed by atoms with van der Waals surface area (Å²) in [6.45, 7) is 8.45. The van der Waals surface area contributed by atoms with E-state index in [0.717, 1.165) is 26.7 Å². The highest BCUT2D eigenvalue weighted by Gasteiger charge is 2.35. The smallest absolute Gasteiger partial charge is 0.123 e. The van der Waals surface area contributed by atoms with Crippen molar-refractivity contribution < 1.29 is 19.7 Å². The maximum Gasteiger partial charge on any atom is 0.123 e. The van der Waals surface area contributed by atoms with Crippen molar-refractivity contribution in [1.29, 1.82) is 0 Å². The van der Waals surface area contributed by atoms with Gasteiger partial charge in [0.25, 0.3) is 0 Å². The van der Waals surface area contributed by atoms with E-state index in [1.54, 1.807) is 6.92 Å². The zero-order valence-corrected chi connectivity index (χ0v) is 16.5. The van der Waals surface area contributed by atoms with Gasteiger partial charge in [0.2, 0.25) is 0 Å². The maximum atomic E-state index is 10.0. The van der Waals surface area contributed by atoms with Gasteiger partial charge in [-0.1, -0.05) is 54.7 Å². The van der Waals surface area contributed by atoms with E-state index in [-0.39, 0.29) is 6.10 Å². The number of aliphatic hydroxyl groups is 2. The minimum Gasteiger partial charge on any atom is -0.489 e. The molecule has 1 heterocycles. The van der Waals surface area contributed by atoms with Gasteiger partial charge in [0.15, 0.2) is 0 Å². The zero-order valence-electron chi connectivity index (χ0n) is 15.7. The van der Waals surface area contributed by atoms with Crippen LogP contribution in [0.2, 0.25) is 0 Å². The normalized spacial score (nSPS) is 25.2. The molecule has 4 atom stereocenters. The van der Waals surface area contributed by atoms with Crippen molar-refractivity contribution in [3.05, 3.63) is 71.1 Å². The number of benzene rings is 2. The van der Waals surface area contributed by atoms with Crippen LogP contribution in [-0.4, -0.2) is 34.6 Å². The molecular weight excluding hydrogens is 360 g/mol. The van der Waals surface area contributed by atoms with Crippen LogP contribution in [0.3, 0.4) is 0 Å². The summed E-state index contributed by atoms with van der Waals surface area (Å²) in [6.07, 6.45) is -2.01. The molecule has 5 heteroatoms. The highest BCUT2D eigenvalue weighted by Crippen LogP contribution is 2.38. The van der Waals surface area contributed by atoms with E-state index in [1.807, 2.05) is 55.5 Å². The van der Waals surface area contributed by atoms with E-state index >= 15 is 0 Å². The summed E-state index contributed by atoms with van der Waals surface area (Å²) in [5, 5.41) is 19.9. The van der Waals surface area contributed by atoms with Crippen LogP contribution in [-0.2, 0) is 11.3 Å². The predicted octanol–water partition coefficient (Wildman–Crippen LogP) is 4.08. The monoisotopic (exact) mass is 386 g/mol. The van der Waals surface area contributed by atoms with Crippen LogP contribution in [0.4, 0.5) is 0 Å². The van der Waals surface area contributed by atoms with Gasteiger partial charge < -0.3 is 19.7 Å². The minimum atomic E-state index is -0.851. The van der Waals surface area contributed by atoms with E-state index in [1.165, 1.54) is 11.8 Å². The summed E-state index contributed by atoms with van der Waals surface area (Å²) >= 11 is 1.53. The van der Waals surface area contributed by atoms with Crippen LogP contribution < -0.4 is 4.74 Å². The molecular formula is C22H26O4S. The minimum absolute atomic E-state index is 0.295. The Labute approximate surface area is 164 Å². The standard InChI is InChI=1S/C22H26O4S/c1-14-19(25-13-17-8-5-4-6-9-17)10-7-11-21(14)27-16(3)20-12-18(23)22(24)15(2)26-20/h4-11,15,18,20,22-24H,3,12-13H2,1-2H3/t15?,18?,20?,22-/m1/s1. The highest BCUT2D eigenvalue weighted by atomic mass is 32.2. The second-order valence-corrected chi connectivity index (χ2v) is 8.01. The first-order chi connectivity index (χ1) is 13.0. The molecule has 2 aromatic rings. The first-order valence-corrected chi connectivity index (χ1v) is 9.92. The molecule has 27 heavy (non-hydrogen) atoms. The zero-order chi connectivity index (χ0) is 19.4. The topological polar surface area (TPSA) is 58.9 Å². The first-order valence-electron chi connectivity index (χ1n) is 9.10. The molecule has 1 aliphatic heterocycles. The Kier molecular flexibility index (Phi) is 6.60. The lowest BCUT2D eigenvalue weighted by molar-refractivity contribution is -0.149. The third kappa shape index (κ3) is 4.93. The van der Waals surface area contributed by atoms with Gasteiger partial charge in [0.1, 0.15) is 18.5 Å². The van der Waals surface area contributed by atoms with E-state index in [4.69, 9.17) is 9.47 Å². The lowest BCUT2D eigenvalue weighted by atomic mass is 9.99. The molecule has 1 aliphatic rings. The van der Waals surface area contributed by atoms with Gasteiger partial charge in [-0.2, -0.15) is 0 Å². The molecule has 0 saturated carbocycles. The summed E-state index contributed by atoms with van der Waals surface area (Å²) in [5.41, 5.74) is 2.17. The van der Waals surface area contributed by atoms with Crippen LogP contribution in [0.5, 0.6) is 5.75 Å². The van der Waals surface area contributed by atoms with Crippen LogP contribution in [0.15, 0.2) is 64.9 Å². The fraction of sp³-hybridized carbons (Fsp3) is 0.364. The SMILES string of the molecule is C=C(Sc1cccc(OCc2ccccc2)c1C)C1CC(O)[C@H](O)C(C)O1. The Hall–Kier alpha value is -1.79. The Balaban J connectivity index is 1.66. The van der Waals surface area contributed by atoms with Gasteiger partial charge in [-0.25, -0.2) is 0 Å². The number of thioether (sulfide) groups is 1. The van der Waals surface area contributed by atoms with E-state index in [9.17, 15) is 10.2 Å².